The van der Waals surface area contributed by atoms with Crippen molar-refractivity contribution in [2.45, 2.75) is 45.2 Å². The van der Waals surface area contributed by atoms with Crippen molar-refractivity contribution in [2.24, 2.45) is 0 Å². The topological polar surface area (TPSA) is 48.5 Å². The number of alkyl halides is 1. The molecule has 0 fully saturated rings. The van der Waals surface area contributed by atoms with E-state index in [9.17, 15) is 0 Å². The van der Waals surface area contributed by atoms with Crippen LogP contribution in [-0.2, 0) is 6.54 Å². The first-order valence-electron chi connectivity index (χ1n) is 6.16. The number of rotatable bonds is 5. The summed E-state index contributed by atoms with van der Waals surface area (Å²) in [5.41, 5.74) is 1.05. The fourth-order valence-electron chi connectivity index (χ4n) is 1.83. The smallest absolute Gasteiger partial charge is 0.148 e. The lowest BCUT2D eigenvalue weighted by atomic mass is 10.2. The first kappa shape index (κ1) is 13.1. The Kier molecular flexibility index (Phi) is 4.01. The fraction of sp³-hybridized carbons (Fsp3) is 0.583. The minimum Gasteiger partial charge on any atom is -0.265 e. The van der Waals surface area contributed by atoms with E-state index in [0.717, 1.165) is 17.8 Å². The van der Waals surface area contributed by atoms with Gasteiger partial charge in [0.05, 0.1) is 11.6 Å². The van der Waals surface area contributed by atoms with E-state index in [-0.39, 0.29) is 5.38 Å². The van der Waals surface area contributed by atoms with E-state index in [1.54, 1.807) is 6.33 Å². The molecule has 5 nitrogen and oxygen atoms in total. The molecule has 2 heterocycles. The van der Waals surface area contributed by atoms with Crippen molar-refractivity contribution in [3.63, 3.8) is 0 Å². The average Bonchev–Trinajstić information content (AvgIpc) is 2.97. The Morgan fingerprint density at radius 2 is 2.11 bits per heavy atom. The van der Waals surface area contributed by atoms with Crippen molar-refractivity contribution >= 4 is 11.6 Å². The highest BCUT2D eigenvalue weighted by Gasteiger charge is 2.11. The predicted molar refractivity (Wildman–Crippen MR) is 70.6 cm³/mol. The van der Waals surface area contributed by atoms with Crippen molar-refractivity contribution in [1.29, 1.82) is 0 Å². The van der Waals surface area contributed by atoms with E-state index in [4.69, 9.17) is 11.6 Å². The van der Waals surface area contributed by atoms with E-state index < -0.39 is 0 Å². The van der Waals surface area contributed by atoms with E-state index in [2.05, 4.69) is 36.0 Å². The van der Waals surface area contributed by atoms with Gasteiger partial charge in [0, 0.05) is 17.8 Å². The molecule has 2 aromatic rings. The van der Waals surface area contributed by atoms with Crippen molar-refractivity contribution in [3.05, 3.63) is 30.1 Å². The number of nitrogens with zero attached hydrogens (tertiary/aromatic N) is 5. The summed E-state index contributed by atoms with van der Waals surface area (Å²) in [5, 5.41) is 8.55. The van der Waals surface area contributed by atoms with Gasteiger partial charge in [-0.15, -0.1) is 11.6 Å². The molecule has 0 radical (unpaired) electrons. The lowest BCUT2D eigenvalue weighted by Crippen LogP contribution is -2.12. The van der Waals surface area contributed by atoms with Gasteiger partial charge in [-0.25, -0.2) is 9.67 Å². The molecule has 0 saturated carbocycles. The Hall–Kier alpha value is -1.36. The van der Waals surface area contributed by atoms with Crippen LogP contribution in [0.1, 0.15) is 50.0 Å². The van der Waals surface area contributed by atoms with Gasteiger partial charge in [0.2, 0.25) is 0 Å². The van der Waals surface area contributed by atoms with Gasteiger partial charge in [0.1, 0.15) is 18.7 Å². The third kappa shape index (κ3) is 2.72. The maximum atomic E-state index is 6.18. The van der Waals surface area contributed by atoms with E-state index in [1.165, 1.54) is 0 Å². The van der Waals surface area contributed by atoms with Crippen molar-refractivity contribution in [3.8, 4) is 0 Å². The van der Waals surface area contributed by atoms with Crippen LogP contribution in [0, 0.1) is 0 Å². The summed E-state index contributed by atoms with van der Waals surface area (Å²) in [6.45, 7) is 6.84. The standard InChI is InChI=1S/C12H18ClN5/c1-4-11(13)10-5-15-17(6-10)7-12-14-8-16-18(12)9(2)3/h5-6,8-9,11H,4,7H2,1-3H3. The van der Waals surface area contributed by atoms with E-state index in [0.29, 0.717) is 12.6 Å². The molecule has 0 amide bonds. The molecule has 0 aliphatic carbocycles. The van der Waals surface area contributed by atoms with Gasteiger partial charge in [-0.1, -0.05) is 6.92 Å². The first-order valence-corrected chi connectivity index (χ1v) is 6.60. The summed E-state index contributed by atoms with van der Waals surface area (Å²) < 4.78 is 3.75. The summed E-state index contributed by atoms with van der Waals surface area (Å²) in [6.07, 6.45) is 6.27. The molecule has 2 rings (SSSR count). The molecule has 98 valence electrons. The van der Waals surface area contributed by atoms with Crippen LogP contribution in [0.2, 0.25) is 0 Å². The Morgan fingerprint density at radius 1 is 1.33 bits per heavy atom. The minimum atomic E-state index is 0.0294. The molecule has 0 aliphatic rings. The van der Waals surface area contributed by atoms with Crippen LogP contribution in [0.25, 0.3) is 0 Å². The summed E-state index contributed by atoms with van der Waals surface area (Å²) in [5.74, 6) is 0.905. The quantitative estimate of drug-likeness (QED) is 0.783. The maximum Gasteiger partial charge on any atom is 0.148 e. The van der Waals surface area contributed by atoms with Crippen LogP contribution in [0.15, 0.2) is 18.7 Å². The second-order valence-corrected chi connectivity index (χ2v) is 5.09. The second kappa shape index (κ2) is 5.52. The molecule has 0 N–H and O–H groups in total. The van der Waals surface area contributed by atoms with Gasteiger partial charge >= 0.3 is 0 Å². The van der Waals surface area contributed by atoms with Gasteiger partial charge in [-0.2, -0.15) is 10.2 Å². The van der Waals surface area contributed by atoms with Crippen LogP contribution in [0.5, 0.6) is 0 Å². The largest absolute Gasteiger partial charge is 0.265 e. The second-order valence-electron chi connectivity index (χ2n) is 4.56. The Bertz CT molecular complexity index is 502. The zero-order chi connectivity index (χ0) is 13.1. The maximum absolute atomic E-state index is 6.18. The van der Waals surface area contributed by atoms with E-state index >= 15 is 0 Å². The highest BCUT2D eigenvalue weighted by Crippen LogP contribution is 2.22. The molecule has 0 aromatic carbocycles. The van der Waals surface area contributed by atoms with Crippen LogP contribution < -0.4 is 0 Å². The Morgan fingerprint density at radius 3 is 2.78 bits per heavy atom. The number of hydrogen-bond donors (Lipinski definition) is 0. The van der Waals surface area contributed by atoms with Gasteiger partial charge in [0.15, 0.2) is 0 Å². The normalized spacial score (nSPS) is 13.2. The number of halogens is 1. The van der Waals surface area contributed by atoms with Crippen LogP contribution in [-0.4, -0.2) is 24.5 Å². The van der Waals surface area contributed by atoms with Gasteiger partial charge < -0.3 is 0 Å². The average molecular weight is 268 g/mol. The zero-order valence-electron chi connectivity index (χ0n) is 10.9. The molecular weight excluding hydrogens is 250 g/mol. The molecule has 1 unspecified atom stereocenters. The summed E-state index contributed by atoms with van der Waals surface area (Å²) in [4.78, 5) is 4.27. The Labute approximate surface area is 112 Å². The van der Waals surface area contributed by atoms with Crippen LogP contribution in [0.4, 0.5) is 0 Å². The van der Waals surface area contributed by atoms with Crippen LogP contribution in [0.3, 0.4) is 0 Å². The fourth-order valence-corrected chi connectivity index (χ4v) is 1.94. The lowest BCUT2D eigenvalue weighted by molar-refractivity contribution is 0.488. The Balaban J connectivity index is 2.14. The summed E-state index contributed by atoms with van der Waals surface area (Å²) >= 11 is 6.18. The number of hydrogen-bond acceptors (Lipinski definition) is 3. The minimum absolute atomic E-state index is 0.0294. The van der Waals surface area contributed by atoms with Crippen molar-refractivity contribution in [2.75, 3.05) is 0 Å². The molecule has 0 bridgehead atoms. The molecule has 0 aliphatic heterocycles. The van der Waals surface area contributed by atoms with Gasteiger partial charge in [-0.3, -0.25) is 4.68 Å². The third-order valence-electron chi connectivity index (χ3n) is 2.81. The van der Waals surface area contributed by atoms with Gasteiger partial charge in [0.25, 0.3) is 0 Å². The van der Waals surface area contributed by atoms with Crippen LogP contribution >= 0.6 is 11.6 Å². The first-order chi connectivity index (χ1) is 8.61. The third-order valence-corrected chi connectivity index (χ3v) is 3.37. The summed E-state index contributed by atoms with van der Waals surface area (Å²) in [7, 11) is 0. The molecule has 0 spiro atoms. The highest BCUT2D eigenvalue weighted by atomic mass is 35.5. The molecule has 0 saturated heterocycles. The predicted octanol–water partition coefficient (Wildman–Crippen LogP) is 2.79. The van der Waals surface area contributed by atoms with Gasteiger partial charge in [-0.05, 0) is 20.3 Å². The summed E-state index contributed by atoms with van der Waals surface area (Å²) in [6, 6.07) is 0.300. The van der Waals surface area contributed by atoms with E-state index in [1.807, 2.05) is 21.8 Å². The highest BCUT2D eigenvalue weighted by molar-refractivity contribution is 6.20. The molecule has 2 aromatic heterocycles. The molecule has 1 atom stereocenters. The SMILES string of the molecule is CCC(Cl)c1cnn(Cc2ncnn2C(C)C)c1. The van der Waals surface area contributed by atoms with Crippen molar-refractivity contribution in [1.82, 2.24) is 24.5 Å². The molecule has 18 heavy (non-hydrogen) atoms. The molecular formula is C12H18ClN5. The monoisotopic (exact) mass is 267 g/mol. The van der Waals surface area contributed by atoms with Crippen molar-refractivity contribution < 1.29 is 0 Å². The lowest BCUT2D eigenvalue weighted by Gasteiger charge is -2.09. The molecule has 6 heteroatoms. The zero-order valence-corrected chi connectivity index (χ0v) is 11.7. The number of aromatic nitrogens is 5.